The third-order valence-electron chi connectivity index (χ3n) is 4.90. The summed E-state index contributed by atoms with van der Waals surface area (Å²) in [5, 5.41) is 0.882. The van der Waals surface area contributed by atoms with E-state index in [1.54, 1.807) is 12.1 Å². The molecule has 1 atom stereocenters. The highest BCUT2D eigenvalue weighted by molar-refractivity contribution is 5.98. The van der Waals surface area contributed by atoms with Gasteiger partial charge in [-0.2, -0.15) is 0 Å². The number of carbonyl (C=O) groups excluding carboxylic acids is 1. The first-order valence-corrected chi connectivity index (χ1v) is 9.23. The minimum atomic E-state index is -0.488. The summed E-state index contributed by atoms with van der Waals surface area (Å²) in [6, 6.07) is 16.1. The molecule has 0 unspecified atom stereocenters. The second-order valence-electron chi connectivity index (χ2n) is 7.91. The van der Waals surface area contributed by atoms with Crippen molar-refractivity contribution < 1.29 is 9.18 Å². The molecule has 3 rings (SSSR count). The minimum absolute atomic E-state index is 0.263. The monoisotopic (exact) mass is 364 g/mol. The van der Waals surface area contributed by atoms with Gasteiger partial charge in [-0.3, -0.25) is 9.78 Å². The summed E-state index contributed by atoms with van der Waals surface area (Å²) in [5.74, 6) is -0.379. The molecule has 2 N–H and O–H groups in total. The van der Waals surface area contributed by atoms with E-state index in [0.717, 1.165) is 22.9 Å². The van der Waals surface area contributed by atoms with Gasteiger partial charge in [-0.05, 0) is 48.6 Å². The van der Waals surface area contributed by atoms with Crippen molar-refractivity contribution in [2.75, 3.05) is 0 Å². The highest BCUT2D eigenvalue weighted by atomic mass is 19.1. The van der Waals surface area contributed by atoms with Crippen molar-refractivity contribution in [1.82, 2.24) is 4.98 Å². The first-order chi connectivity index (χ1) is 12.8. The fourth-order valence-electron chi connectivity index (χ4n) is 4.01. The van der Waals surface area contributed by atoms with Gasteiger partial charge in [0.2, 0.25) is 0 Å². The van der Waals surface area contributed by atoms with Crippen molar-refractivity contribution in [3.63, 3.8) is 0 Å². The average Bonchev–Trinajstić information content (AvgIpc) is 2.59. The molecule has 4 heteroatoms. The summed E-state index contributed by atoms with van der Waals surface area (Å²) >= 11 is 0. The SMILES string of the molecule is CC(C)C[C@@](C)(Cc1cccc(F)c1)c1nc2ccccc2cc1C(N)=O. The molecule has 0 spiro atoms. The van der Waals surface area contributed by atoms with Crippen LogP contribution in [0.3, 0.4) is 0 Å². The van der Waals surface area contributed by atoms with Crippen LogP contribution in [0.1, 0.15) is 48.8 Å². The number of nitrogens with two attached hydrogens (primary N) is 1. The minimum Gasteiger partial charge on any atom is -0.366 e. The van der Waals surface area contributed by atoms with Gasteiger partial charge in [0.1, 0.15) is 5.82 Å². The lowest BCUT2D eigenvalue weighted by atomic mass is 9.72. The van der Waals surface area contributed by atoms with Crippen LogP contribution in [0, 0.1) is 11.7 Å². The van der Waals surface area contributed by atoms with Crippen molar-refractivity contribution in [2.45, 2.75) is 39.0 Å². The van der Waals surface area contributed by atoms with Gasteiger partial charge >= 0.3 is 0 Å². The number of rotatable bonds is 6. The van der Waals surface area contributed by atoms with E-state index < -0.39 is 11.3 Å². The molecule has 2 aromatic carbocycles. The van der Waals surface area contributed by atoms with E-state index in [0.29, 0.717) is 23.6 Å². The van der Waals surface area contributed by atoms with Crippen LogP contribution in [0.15, 0.2) is 54.6 Å². The van der Waals surface area contributed by atoms with Crippen LogP contribution >= 0.6 is 0 Å². The molecule has 0 radical (unpaired) electrons. The first kappa shape index (κ1) is 19.0. The number of primary amides is 1. The standard InChI is InChI=1S/C23H25FN2O/c1-15(2)13-23(3,14-16-7-6-9-18(24)11-16)21-19(22(25)27)12-17-8-4-5-10-20(17)26-21/h4-12,15H,13-14H2,1-3H3,(H2,25,27)/t23-/m0/s1. The number of carbonyl (C=O) groups is 1. The molecule has 0 aliphatic heterocycles. The summed E-state index contributed by atoms with van der Waals surface area (Å²) in [6.45, 7) is 6.35. The molecule has 0 aliphatic carbocycles. The second-order valence-corrected chi connectivity index (χ2v) is 7.91. The lowest BCUT2D eigenvalue weighted by Crippen LogP contribution is -2.32. The van der Waals surface area contributed by atoms with Crippen LogP contribution in [0.5, 0.6) is 0 Å². The lowest BCUT2D eigenvalue weighted by molar-refractivity contribution is 0.0996. The molecule has 27 heavy (non-hydrogen) atoms. The van der Waals surface area contributed by atoms with Crippen molar-refractivity contribution in [1.29, 1.82) is 0 Å². The number of pyridine rings is 1. The Morgan fingerprint density at radius 1 is 1.15 bits per heavy atom. The third-order valence-corrected chi connectivity index (χ3v) is 4.90. The van der Waals surface area contributed by atoms with E-state index in [1.165, 1.54) is 6.07 Å². The molecule has 0 saturated heterocycles. The Hall–Kier alpha value is -2.75. The molecule has 0 bridgehead atoms. The van der Waals surface area contributed by atoms with E-state index >= 15 is 0 Å². The summed E-state index contributed by atoms with van der Waals surface area (Å²) in [6.07, 6.45) is 1.38. The maximum Gasteiger partial charge on any atom is 0.250 e. The van der Waals surface area contributed by atoms with E-state index in [9.17, 15) is 9.18 Å². The third kappa shape index (κ3) is 4.16. The lowest BCUT2D eigenvalue weighted by Gasteiger charge is -2.33. The number of hydrogen-bond acceptors (Lipinski definition) is 2. The van der Waals surface area contributed by atoms with Gasteiger partial charge in [0.25, 0.3) is 5.91 Å². The zero-order valence-electron chi connectivity index (χ0n) is 16.0. The smallest absolute Gasteiger partial charge is 0.250 e. The molecule has 0 saturated carbocycles. The summed E-state index contributed by atoms with van der Waals surface area (Å²) in [5.41, 5.74) is 8.09. The summed E-state index contributed by atoms with van der Waals surface area (Å²) in [7, 11) is 0. The number of benzene rings is 2. The number of amides is 1. The number of halogens is 1. The van der Waals surface area contributed by atoms with E-state index in [-0.39, 0.29) is 5.82 Å². The number of hydrogen-bond donors (Lipinski definition) is 1. The van der Waals surface area contributed by atoms with Crippen molar-refractivity contribution in [2.24, 2.45) is 11.7 Å². The Balaban J connectivity index is 2.19. The Morgan fingerprint density at radius 3 is 2.56 bits per heavy atom. The van der Waals surface area contributed by atoms with Crippen molar-refractivity contribution in [3.05, 3.63) is 77.2 Å². The molecule has 0 fully saturated rings. The predicted molar refractivity (Wildman–Crippen MR) is 107 cm³/mol. The van der Waals surface area contributed by atoms with Crippen LogP contribution in [0.4, 0.5) is 4.39 Å². The van der Waals surface area contributed by atoms with Crippen LogP contribution in [-0.4, -0.2) is 10.9 Å². The number of aromatic nitrogens is 1. The molecule has 0 aliphatic rings. The molecule has 1 heterocycles. The molecular weight excluding hydrogens is 339 g/mol. The molecule has 1 aromatic heterocycles. The fraction of sp³-hybridized carbons (Fsp3) is 0.304. The van der Waals surface area contributed by atoms with Gasteiger partial charge in [0.15, 0.2) is 0 Å². The largest absolute Gasteiger partial charge is 0.366 e. The highest BCUT2D eigenvalue weighted by Gasteiger charge is 2.33. The van der Waals surface area contributed by atoms with Gasteiger partial charge in [0, 0.05) is 10.8 Å². The Kier molecular flexibility index (Phi) is 5.26. The topological polar surface area (TPSA) is 56.0 Å². The highest BCUT2D eigenvalue weighted by Crippen LogP contribution is 2.36. The van der Waals surface area contributed by atoms with E-state index in [4.69, 9.17) is 10.7 Å². The fourth-order valence-corrected chi connectivity index (χ4v) is 4.01. The maximum atomic E-state index is 13.7. The van der Waals surface area contributed by atoms with Crippen molar-refractivity contribution >= 4 is 16.8 Å². The van der Waals surface area contributed by atoms with Crippen LogP contribution in [0.25, 0.3) is 10.9 Å². The molecule has 1 amide bonds. The van der Waals surface area contributed by atoms with Crippen LogP contribution < -0.4 is 5.73 Å². The zero-order valence-corrected chi connectivity index (χ0v) is 16.0. The van der Waals surface area contributed by atoms with Gasteiger partial charge in [-0.1, -0.05) is 51.1 Å². The van der Waals surface area contributed by atoms with Crippen molar-refractivity contribution in [3.8, 4) is 0 Å². The maximum absolute atomic E-state index is 13.7. The van der Waals surface area contributed by atoms with Crippen LogP contribution in [0.2, 0.25) is 0 Å². The van der Waals surface area contributed by atoms with Gasteiger partial charge in [-0.15, -0.1) is 0 Å². The summed E-state index contributed by atoms with van der Waals surface area (Å²) < 4.78 is 13.7. The van der Waals surface area contributed by atoms with Crippen LogP contribution in [-0.2, 0) is 11.8 Å². The van der Waals surface area contributed by atoms with Gasteiger partial charge < -0.3 is 5.73 Å². The van der Waals surface area contributed by atoms with E-state index in [1.807, 2.05) is 36.4 Å². The number of nitrogens with zero attached hydrogens (tertiary/aromatic N) is 1. The molecule has 3 nitrogen and oxygen atoms in total. The first-order valence-electron chi connectivity index (χ1n) is 9.23. The van der Waals surface area contributed by atoms with Gasteiger partial charge in [0.05, 0.1) is 16.8 Å². The Bertz CT molecular complexity index is 983. The quantitative estimate of drug-likeness (QED) is 0.668. The molecule has 3 aromatic rings. The number of fused-ring (bicyclic) bond motifs is 1. The molecule has 140 valence electrons. The second kappa shape index (κ2) is 7.47. The van der Waals surface area contributed by atoms with Gasteiger partial charge in [-0.25, -0.2) is 4.39 Å². The average molecular weight is 364 g/mol. The molecular formula is C23H25FN2O. The Morgan fingerprint density at radius 2 is 1.89 bits per heavy atom. The Labute approximate surface area is 159 Å². The summed E-state index contributed by atoms with van der Waals surface area (Å²) in [4.78, 5) is 17.1. The number of para-hydroxylation sites is 1. The van der Waals surface area contributed by atoms with E-state index in [2.05, 4.69) is 20.8 Å². The zero-order chi connectivity index (χ0) is 19.6. The predicted octanol–water partition coefficient (Wildman–Crippen LogP) is 5.02. The normalized spacial score (nSPS) is 13.7.